The molecule has 0 N–H and O–H groups in total. The summed E-state index contributed by atoms with van der Waals surface area (Å²) >= 11 is 5.82. The average molecular weight is 277 g/mol. The topological polar surface area (TPSA) is 17.1 Å². The molecule has 3 heteroatoms. The van der Waals surface area contributed by atoms with Gasteiger partial charge in [0.15, 0.2) is 5.78 Å². The number of halogens is 2. The summed E-state index contributed by atoms with van der Waals surface area (Å²) in [5.74, 6) is -0.505. The second-order valence-corrected chi connectivity index (χ2v) is 5.15. The van der Waals surface area contributed by atoms with E-state index in [1.54, 1.807) is 0 Å². The van der Waals surface area contributed by atoms with Crippen molar-refractivity contribution in [1.29, 1.82) is 0 Å². The molecule has 1 nitrogen and oxygen atoms in total. The Kier molecular flexibility index (Phi) is 4.01. The molecule has 0 aliphatic heterocycles. The first kappa shape index (κ1) is 13.8. The Morgan fingerprint density at radius 2 is 1.74 bits per heavy atom. The van der Waals surface area contributed by atoms with Crippen molar-refractivity contribution in [2.75, 3.05) is 0 Å². The highest BCUT2D eigenvalue weighted by Crippen LogP contribution is 2.18. The normalized spacial score (nSPS) is 10.5. The highest BCUT2D eigenvalue weighted by molar-refractivity contribution is 6.30. The maximum Gasteiger partial charge on any atom is 0.167 e. The molecule has 0 aliphatic rings. The smallest absolute Gasteiger partial charge is 0.167 e. The molecule has 98 valence electrons. The van der Waals surface area contributed by atoms with Crippen molar-refractivity contribution in [2.24, 2.45) is 0 Å². The lowest BCUT2D eigenvalue weighted by Crippen LogP contribution is -2.06. The van der Waals surface area contributed by atoms with Crippen LogP contribution in [-0.4, -0.2) is 5.78 Å². The van der Waals surface area contributed by atoms with Crippen LogP contribution >= 0.6 is 11.6 Å². The molecular weight excluding hydrogens is 263 g/mol. The molecule has 0 aliphatic carbocycles. The third kappa shape index (κ3) is 3.42. The molecule has 0 spiro atoms. The zero-order valence-electron chi connectivity index (χ0n) is 10.8. The van der Waals surface area contributed by atoms with Crippen molar-refractivity contribution >= 4 is 17.4 Å². The number of carbonyl (C=O) groups is 1. The molecule has 0 heterocycles. The Morgan fingerprint density at radius 3 is 2.37 bits per heavy atom. The van der Waals surface area contributed by atoms with Crippen LogP contribution in [0.3, 0.4) is 0 Å². The second kappa shape index (κ2) is 5.54. The van der Waals surface area contributed by atoms with Gasteiger partial charge in [0.1, 0.15) is 5.82 Å². The van der Waals surface area contributed by atoms with E-state index in [9.17, 15) is 9.18 Å². The minimum atomic E-state index is -0.401. The Labute approximate surface area is 117 Å². The van der Waals surface area contributed by atoms with Gasteiger partial charge in [0.05, 0.1) is 0 Å². The van der Waals surface area contributed by atoms with Gasteiger partial charge < -0.3 is 0 Å². The molecule has 0 saturated heterocycles. The molecule has 2 aromatic rings. The molecule has 0 aromatic heterocycles. The van der Waals surface area contributed by atoms with Crippen LogP contribution in [0.2, 0.25) is 5.02 Å². The summed E-state index contributed by atoms with van der Waals surface area (Å²) in [5.41, 5.74) is 2.98. The van der Waals surface area contributed by atoms with Crippen LogP contribution in [0.4, 0.5) is 4.39 Å². The molecule has 0 amide bonds. The Bertz CT molecular complexity index is 614. The van der Waals surface area contributed by atoms with Crippen molar-refractivity contribution in [3.8, 4) is 0 Å². The van der Waals surface area contributed by atoms with Crippen molar-refractivity contribution in [3.63, 3.8) is 0 Å². The van der Waals surface area contributed by atoms with Crippen LogP contribution in [0, 0.1) is 19.7 Å². The van der Waals surface area contributed by atoms with Crippen LogP contribution in [0.25, 0.3) is 0 Å². The van der Waals surface area contributed by atoms with E-state index in [1.807, 2.05) is 32.0 Å². The van der Waals surface area contributed by atoms with E-state index >= 15 is 0 Å². The fourth-order valence-corrected chi connectivity index (χ4v) is 2.28. The van der Waals surface area contributed by atoms with Crippen LogP contribution in [0.15, 0.2) is 36.4 Å². The van der Waals surface area contributed by atoms with Gasteiger partial charge in [-0.2, -0.15) is 0 Å². The second-order valence-electron chi connectivity index (χ2n) is 4.71. The van der Waals surface area contributed by atoms with Crippen molar-refractivity contribution in [2.45, 2.75) is 20.3 Å². The minimum Gasteiger partial charge on any atom is -0.294 e. The van der Waals surface area contributed by atoms with Crippen LogP contribution in [0.5, 0.6) is 0 Å². The van der Waals surface area contributed by atoms with Gasteiger partial charge in [0.25, 0.3) is 0 Å². The quantitative estimate of drug-likeness (QED) is 0.753. The average Bonchev–Trinajstić information content (AvgIpc) is 2.32. The predicted octanol–water partition coefficient (Wildman–Crippen LogP) is 4.52. The summed E-state index contributed by atoms with van der Waals surface area (Å²) in [4.78, 5) is 12.2. The third-order valence-corrected chi connectivity index (χ3v) is 3.14. The number of carbonyl (C=O) groups excluding carboxylic acids is 1. The highest BCUT2D eigenvalue weighted by atomic mass is 35.5. The molecule has 0 fully saturated rings. The highest BCUT2D eigenvalue weighted by Gasteiger charge is 2.11. The number of hydrogen-bond donors (Lipinski definition) is 0. The van der Waals surface area contributed by atoms with E-state index in [0.29, 0.717) is 16.1 Å². The monoisotopic (exact) mass is 276 g/mol. The summed E-state index contributed by atoms with van der Waals surface area (Å²) in [6.45, 7) is 3.87. The molecule has 2 aromatic carbocycles. The van der Waals surface area contributed by atoms with E-state index in [0.717, 1.165) is 11.1 Å². The number of Topliss-reactive ketones (excluding diaryl/α,β-unsaturated/α-hetero) is 1. The van der Waals surface area contributed by atoms with Gasteiger partial charge in [-0.3, -0.25) is 4.79 Å². The van der Waals surface area contributed by atoms with Gasteiger partial charge in [0.2, 0.25) is 0 Å². The summed E-state index contributed by atoms with van der Waals surface area (Å²) in [7, 11) is 0. The Balaban J connectivity index is 2.28. The molecule has 0 atom stereocenters. The molecule has 0 bridgehead atoms. The van der Waals surface area contributed by atoms with Crippen molar-refractivity contribution in [1.82, 2.24) is 0 Å². The molecule has 0 unspecified atom stereocenters. The number of benzene rings is 2. The third-order valence-electron chi connectivity index (χ3n) is 2.90. The maximum absolute atomic E-state index is 13.6. The molecule has 0 saturated carbocycles. The fourth-order valence-electron chi connectivity index (χ4n) is 2.09. The van der Waals surface area contributed by atoms with Gasteiger partial charge in [0, 0.05) is 17.0 Å². The molecule has 0 radical (unpaired) electrons. The first-order valence-electron chi connectivity index (χ1n) is 6.01. The molecular formula is C16H14ClFO. The lowest BCUT2D eigenvalue weighted by atomic mass is 9.99. The minimum absolute atomic E-state index is 0.0231. The Morgan fingerprint density at radius 1 is 1.11 bits per heavy atom. The zero-order chi connectivity index (χ0) is 14.0. The Hall–Kier alpha value is -1.67. The van der Waals surface area contributed by atoms with E-state index in [1.165, 1.54) is 18.2 Å². The van der Waals surface area contributed by atoms with Crippen LogP contribution in [-0.2, 0) is 6.42 Å². The number of hydrogen-bond acceptors (Lipinski definition) is 1. The lowest BCUT2D eigenvalue weighted by molar-refractivity contribution is 0.0991. The zero-order valence-corrected chi connectivity index (χ0v) is 11.6. The van der Waals surface area contributed by atoms with Gasteiger partial charge in [-0.15, -0.1) is 0 Å². The summed E-state index contributed by atoms with van der Waals surface area (Å²) in [5, 5.41) is 0.435. The largest absolute Gasteiger partial charge is 0.294 e. The van der Waals surface area contributed by atoms with E-state index < -0.39 is 5.82 Å². The predicted molar refractivity (Wildman–Crippen MR) is 75.4 cm³/mol. The lowest BCUT2D eigenvalue weighted by Gasteiger charge is -2.06. The summed E-state index contributed by atoms with van der Waals surface area (Å²) in [6, 6.07) is 9.89. The number of ketones is 1. The first-order chi connectivity index (χ1) is 8.95. The van der Waals surface area contributed by atoms with Crippen LogP contribution < -0.4 is 0 Å². The van der Waals surface area contributed by atoms with Gasteiger partial charge in [-0.05, 0) is 49.7 Å². The first-order valence-corrected chi connectivity index (χ1v) is 6.39. The number of aryl methyl sites for hydroxylation is 2. The summed E-state index contributed by atoms with van der Waals surface area (Å²) in [6.07, 6.45) is 0.0231. The van der Waals surface area contributed by atoms with E-state index in [4.69, 9.17) is 11.6 Å². The van der Waals surface area contributed by atoms with E-state index in [2.05, 4.69) is 0 Å². The van der Waals surface area contributed by atoms with Crippen LogP contribution in [0.1, 0.15) is 27.0 Å². The SMILES string of the molecule is Cc1cc(C)cc(C(=O)Cc2cc(Cl)ccc2F)c1. The van der Waals surface area contributed by atoms with Gasteiger partial charge >= 0.3 is 0 Å². The standard InChI is InChI=1S/C16H14ClFO/c1-10-5-11(2)7-13(6-10)16(19)9-12-8-14(17)3-4-15(12)18/h3-8H,9H2,1-2H3. The molecule has 2 rings (SSSR count). The van der Waals surface area contributed by atoms with Crippen molar-refractivity contribution < 1.29 is 9.18 Å². The summed E-state index contributed by atoms with van der Waals surface area (Å²) < 4.78 is 13.6. The fraction of sp³-hybridized carbons (Fsp3) is 0.188. The van der Waals surface area contributed by atoms with Gasteiger partial charge in [-0.1, -0.05) is 28.8 Å². The van der Waals surface area contributed by atoms with Crippen molar-refractivity contribution in [3.05, 3.63) is 69.5 Å². The van der Waals surface area contributed by atoms with Gasteiger partial charge in [-0.25, -0.2) is 4.39 Å². The number of rotatable bonds is 3. The molecule has 19 heavy (non-hydrogen) atoms. The van der Waals surface area contributed by atoms with E-state index in [-0.39, 0.29) is 12.2 Å². The maximum atomic E-state index is 13.6.